The van der Waals surface area contributed by atoms with Crippen LogP contribution >= 0.6 is 22.9 Å². The summed E-state index contributed by atoms with van der Waals surface area (Å²) in [5, 5.41) is 0.432. The van der Waals surface area contributed by atoms with Crippen molar-refractivity contribution in [2.75, 3.05) is 39.5 Å². The van der Waals surface area contributed by atoms with Crippen molar-refractivity contribution in [1.29, 1.82) is 0 Å². The summed E-state index contributed by atoms with van der Waals surface area (Å²) < 4.78 is 18.2. The molecule has 3 aromatic rings. The number of nitrogens with zero attached hydrogens (tertiary/aromatic N) is 3. The van der Waals surface area contributed by atoms with Crippen LogP contribution in [0.3, 0.4) is 0 Å². The van der Waals surface area contributed by atoms with Crippen LogP contribution in [0.5, 0.6) is 5.75 Å². The number of aromatic nitrogens is 1. The first-order valence-electron chi connectivity index (χ1n) is 12.9. The third-order valence-corrected chi connectivity index (χ3v) is 7.95. The number of thiazole rings is 1. The maximum atomic E-state index is 13.7. The number of amides is 1. The fourth-order valence-corrected chi connectivity index (χ4v) is 5.93. The highest BCUT2D eigenvalue weighted by molar-refractivity contribution is 7.07. The topological polar surface area (TPSA) is 99.4 Å². The molecule has 2 aliphatic heterocycles. The Hall–Kier alpha value is -3.73. The predicted molar refractivity (Wildman–Crippen MR) is 151 cm³/mol. The number of halogens is 1. The molecule has 0 bridgehead atoms. The average molecular weight is 582 g/mol. The van der Waals surface area contributed by atoms with Gasteiger partial charge < -0.3 is 19.1 Å². The van der Waals surface area contributed by atoms with Gasteiger partial charge in [-0.15, -0.1) is 0 Å². The van der Waals surface area contributed by atoms with E-state index in [0.717, 1.165) is 5.56 Å². The van der Waals surface area contributed by atoms with Gasteiger partial charge in [0.2, 0.25) is 0 Å². The molecule has 0 aliphatic carbocycles. The van der Waals surface area contributed by atoms with Gasteiger partial charge >= 0.3 is 5.97 Å². The number of morpholine rings is 1. The van der Waals surface area contributed by atoms with Crippen LogP contribution in [-0.2, 0) is 19.1 Å². The van der Waals surface area contributed by atoms with Crippen LogP contribution in [-0.4, -0.2) is 60.9 Å². The minimum atomic E-state index is -0.772. The minimum absolute atomic E-state index is 0.0534. The summed E-state index contributed by atoms with van der Waals surface area (Å²) in [4.78, 5) is 45.8. The lowest BCUT2D eigenvalue weighted by Gasteiger charge is -2.26. The fourth-order valence-electron chi connectivity index (χ4n) is 4.64. The highest BCUT2D eigenvalue weighted by atomic mass is 35.5. The first-order valence-corrected chi connectivity index (χ1v) is 14.1. The number of hydrogen-bond acceptors (Lipinski definition) is 8. The van der Waals surface area contributed by atoms with Crippen molar-refractivity contribution in [1.82, 2.24) is 9.47 Å². The molecule has 1 atom stereocenters. The SMILES string of the molecule is CCOC(=O)C1=C(C)N=c2s/c(=C/c3ccc(OCC(=O)N4CCOCC4)cc3)c(=O)n2[C@H]1c1ccccc1Cl. The number of allylic oxidation sites excluding steroid dienone is 1. The standard InChI is InChI=1S/C29H28ClN3O6S/c1-3-38-28(36)25-18(2)31-29-33(26(25)21-6-4-5-7-22(21)30)27(35)23(40-29)16-19-8-10-20(11-9-19)39-17-24(34)32-12-14-37-15-13-32/h4-11,16,26H,3,12-15,17H2,1-2H3/b23-16+/t26-/m0/s1. The molecule has 1 saturated heterocycles. The molecule has 3 heterocycles. The number of fused-ring (bicyclic) bond motifs is 1. The first-order chi connectivity index (χ1) is 19.4. The van der Waals surface area contributed by atoms with E-state index in [-0.39, 0.29) is 30.3 Å². The predicted octanol–water partition coefficient (Wildman–Crippen LogP) is 2.69. The van der Waals surface area contributed by atoms with Crippen molar-refractivity contribution in [2.45, 2.75) is 19.9 Å². The lowest BCUT2D eigenvalue weighted by Crippen LogP contribution is -2.42. The summed E-state index contributed by atoms with van der Waals surface area (Å²) in [6.45, 7) is 5.80. The van der Waals surface area contributed by atoms with Gasteiger partial charge in [0.1, 0.15) is 11.8 Å². The second-order valence-corrected chi connectivity index (χ2v) is 10.6. The normalized spacial score (nSPS) is 17.3. The molecule has 0 radical (unpaired) electrons. The molecular weight excluding hydrogens is 554 g/mol. The molecule has 208 valence electrons. The van der Waals surface area contributed by atoms with Crippen LogP contribution in [0, 0.1) is 0 Å². The number of ether oxygens (including phenoxy) is 3. The van der Waals surface area contributed by atoms with Gasteiger partial charge in [-0.1, -0.05) is 53.3 Å². The molecular formula is C29H28ClN3O6S. The molecule has 0 saturated carbocycles. The van der Waals surface area contributed by atoms with Gasteiger partial charge in [-0.05, 0) is 49.2 Å². The van der Waals surface area contributed by atoms with Gasteiger partial charge in [-0.3, -0.25) is 14.2 Å². The van der Waals surface area contributed by atoms with Crippen molar-refractivity contribution in [2.24, 2.45) is 4.99 Å². The van der Waals surface area contributed by atoms with E-state index in [9.17, 15) is 14.4 Å². The van der Waals surface area contributed by atoms with Crippen molar-refractivity contribution in [3.8, 4) is 5.75 Å². The summed E-state index contributed by atoms with van der Waals surface area (Å²) in [6.07, 6.45) is 1.76. The van der Waals surface area contributed by atoms with Gasteiger partial charge in [0.25, 0.3) is 11.5 Å². The first kappa shape index (κ1) is 27.8. The zero-order valence-electron chi connectivity index (χ0n) is 22.1. The average Bonchev–Trinajstić information content (AvgIpc) is 3.26. The van der Waals surface area contributed by atoms with Gasteiger partial charge in [-0.25, -0.2) is 9.79 Å². The Morgan fingerprint density at radius 3 is 2.58 bits per heavy atom. The molecule has 1 aromatic heterocycles. The summed E-state index contributed by atoms with van der Waals surface area (Å²) >= 11 is 7.78. The third kappa shape index (κ3) is 5.74. The number of hydrogen-bond donors (Lipinski definition) is 0. The van der Waals surface area contributed by atoms with E-state index in [1.807, 2.05) is 18.2 Å². The van der Waals surface area contributed by atoms with Gasteiger partial charge in [-0.2, -0.15) is 0 Å². The molecule has 0 unspecified atom stereocenters. The second kappa shape index (κ2) is 12.2. The molecule has 1 fully saturated rings. The van der Waals surface area contributed by atoms with E-state index in [2.05, 4.69) is 4.99 Å². The van der Waals surface area contributed by atoms with E-state index in [0.29, 0.717) is 57.7 Å². The number of carbonyl (C=O) groups is 2. The maximum absolute atomic E-state index is 13.7. The van der Waals surface area contributed by atoms with Gasteiger partial charge in [0, 0.05) is 18.1 Å². The zero-order chi connectivity index (χ0) is 28.2. The largest absolute Gasteiger partial charge is 0.484 e. The van der Waals surface area contributed by atoms with Gasteiger partial charge in [0.05, 0.1) is 35.6 Å². The van der Waals surface area contributed by atoms with Crippen molar-refractivity contribution < 1.29 is 23.8 Å². The number of esters is 1. The van der Waals surface area contributed by atoms with Crippen molar-refractivity contribution in [3.05, 3.63) is 95.6 Å². The van der Waals surface area contributed by atoms with E-state index >= 15 is 0 Å². The zero-order valence-corrected chi connectivity index (χ0v) is 23.7. The quantitative estimate of drug-likeness (QED) is 0.398. The molecule has 5 rings (SSSR count). The minimum Gasteiger partial charge on any atom is -0.484 e. The molecule has 2 aromatic carbocycles. The van der Waals surface area contributed by atoms with Crippen molar-refractivity contribution in [3.63, 3.8) is 0 Å². The summed E-state index contributed by atoms with van der Waals surface area (Å²) in [6, 6.07) is 13.5. The van der Waals surface area contributed by atoms with Crippen molar-refractivity contribution >= 4 is 40.9 Å². The van der Waals surface area contributed by atoms with Crippen LogP contribution in [0.2, 0.25) is 5.02 Å². The Bertz CT molecular complexity index is 1640. The Morgan fingerprint density at radius 2 is 1.88 bits per heavy atom. The van der Waals surface area contributed by atoms with Crippen LogP contribution in [0.4, 0.5) is 0 Å². The summed E-state index contributed by atoms with van der Waals surface area (Å²) in [5.74, 6) is -0.0710. The van der Waals surface area contributed by atoms with Crippen LogP contribution in [0.25, 0.3) is 6.08 Å². The summed E-state index contributed by atoms with van der Waals surface area (Å²) in [5.41, 5.74) is 1.85. The van der Waals surface area contributed by atoms with Crippen LogP contribution < -0.4 is 19.6 Å². The molecule has 9 nitrogen and oxygen atoms in total. The monoisotopic (exact) mass is 581 g/mol. The fraction of sp³-hybridized carbons (Fsp3) is 0.310. The molecule has 2 aliphatic rings. The molecule has 1 amide bonds. The van der Waals surface area contributed by atoms with E-state index in [1.165, 1.54) is 15.9 Å². The third-order valence-electron chi connectivity index (χ3n) is 6.62. The Kier molecular flexibility index (Phi) is 8.49. The molecule has 40 heavy (non-hydrogen) atoms. The van der Waals surface area contributed by atoms with E-state index in [4.69, 9.17) is 25.8 Å². The molecule has 11 heteroatoms. The highest BCUT2D eigenvalue weighted by Gasteiger charge is 2.34. The number of benzene rings is 2. The smallest absolute Gasteiger partial charge is 0.338 e. The second-order valence-electron chi connectivity index (χ2n) is 9.17. The van der Waals surface area contributed by atoms with E-state index in [1.54, 1.807) is 55.2 Å². The number of carbonyl (C=O) groups excluding carboxylic acids is 2. The van der Waals surface area contributed by atoms with Gasteiger partial charge in [0.15, 0.2) is 11.4 Å². The lowest BCUT2D eigenvalue weighted by molar-refractivity contribution is -0.139. The molecule has 0 spiro atoms. The Balaban J connectivity index is 1.45. The summed E-state index contributed by atoms with van der Waals surface area (Å²) in [7, 11) is 0. The number of rotatable bonds is 7. The van der Waals surface area contributed by atoms with Crippen LogP contribution in [0.1, 0.15) is 31.0 Å². The molecule has 0 N–H and O–H groups in total. The lowest BCUT2D eigenvalue weighted by atomic mass is 9.96. The maximum Gasteiger partial charge on any atom is 0.338 e. The Labute approximate surface area is 239 Å². The van der Waals surface area contributed by atoms with E-state index < -0.39 is 12.0 Å². The van der Waals surface area contributed by atoms with Crippen LogP contribution in [0.15, 0.2) is 69.6 Å². The Morgan fingerprint density at radius 1 is 1.15 bits per heavy atom. The highest BCUT2D eigenvalue weighted by Crippen LogP contribution is 2.34.